The lowest BCUT2D eigenvalue weighted by atomic mass is 9.98. The van der Waals surface area contributed by atoms with Crippen molar-refractivity contribution in [3.8, 4) is 0 Å². The number of amides is 1. The Balaban J connectivity index is 1.59. The maximum absolute atomic E-state index is 12.6. The van der Waals surface area contributed by atoms with Crippen molar-refractivity contribution in [3.63, 3.8) is 0 Å². The monoisotopic (exact) mass is 333 g/mol. The summed E-state index contributed by atoms with van der Waals surface area (Å²) >= 11 is 1.72. The lowest BCUT2D eigenvalue weighted by Crippen LogP contribution is -2.39. The van der Waals surface area contributed by atoms with Gasteiger partial charge in [-0.25, -0.2) is 4.98 Å². The van der Waals surface area contributed by atoms with Crippen molar-refractivity contribution in [3.05, 3.63) is 33.1 Å². The average molecular weight is 333 g/mol. The van der Waals surface area contributed by atoms with E-state index in [4.69, 9.17) is 4.52 Å². The van der Waals surface area contributed by atoms with Gasteiger partial charge in [0.1, 0.15) is 5.76 Å². The van der Waals surface area contributed by atoms with Crippen LogP contribution in [0.1, 0.15) is 52.9 Å². The van der Waals surface area contributed by atoms with Gasteiger partial charge in [0.05, 0.1) is 10.7 Å². The first-order chi connectivity index (χ1) is 11.0. The highest BCUT2D eigenvalue weighted by molar-refractivity contribution is 7.09. The molecular formula is C17H23N3O2S. The third-order valence-electron chi connectivity index (χ3n) is 4.53. The van der Waals surface area contributed by atoms with Crippen molar-refractivity contribution < 1.29 is 9.32 Å². The Kier molecular flexibility index (Phi) is 4.80. The third-order valence-corrected chi connectivity index (χ3v) is 5.66. The van der Waals surface area contributed by atoms with Gasteiger partial charge in [0.15, 0.2) is 0 Å². The topological polar surface area (TPSA) is 59.2 Å². The molecule has 0 spiro atoms. The van der Waals surface area contributed by atoms with E-state index in [1.807, 2.05) is 25.7 Å². The molecule has 1 fully saturated rings. The Bertz CT molecular complexity index is 672. The quantitative estimate of drug-likeness (QED) is 0.860. The minimum absolute atomic E-state index is 0.225. The number of nitrogens with zero attached hydrogens (tertiary/aromatic N) is 3. The molecule has 1 aliphatic rings. The summed E-state index contributed by atoms with van der Waals surface area (Å²) in [6.45, 7) is 7.52. The fourth-order valence-electron chi connectivity index (χ4n) is 3.21. The van der Waals surface area contributed by atoms with Gasteiger partial charge in [-0.05, 0) is 40.0 Å². The molecule has 0 aliphatic carbocycles. The molecule has 2 aromatic rings. The zero-order valence-corrected chi connectivity index (χ0v) is 14.8. The molecule has 5 nitrogen and oxygen atoms in total. The predicted molar refractivity (Wildman–Crippen MR) is 89.7 cm³/mol. The van der Waals surface area contributed by atoms with Crippen LogP contribution >= 0.6 is 11.3 Å². The van der Waals surface area contributed by atoms with Crippen molar-refractivity contribution in [1.29, 1.82) is 0 Å². The number of rotatable bonds is 4. The molecule has 1 saturated heterocycles. The van der Waals surface area contributed by atoms with E-state index in [0.717, 1.165) is 48.6 Å². The van der Waals surface area contributed by atoms with Crippen LogP contribution in [0.5, 0.6) is 0 Å². The molecule has 3 rings (SSSR count). The van der Waals surface area contributed by atoms with Crippen molar-refractivity contribution in [2.24, 2.45) is 0 Å². The van der Waals surface area contributed by atoms with Crippen molar-refractivity contribution >= 4 is 17.2 Å². The van der Waals surface area contributed by atoms with Gasteiger partial charge in [-0.1, -0.05) is 5.16 Å². The second-order valence-electron chi connectivity index (χ2n) is 6.31. The number of thiazole rings is 1. The molecule has 1 amide bonds. The predicted octanol–water partition coefficient (Wildman–Crippen LogP) is 3.40. The average Bonchev–Trinajstić information content (AvgIpc) is 3.12. The van der Waals surface area contributed by atoms with Gasteiger partial charge in [0.25, 0.3) is 0 Å². The molecule has 2 aromatic heterocycles. The Morgan fingerprint density at radius 3 is 2.91 bits per heavy atom. The maximum atomic E-state index is 12.6. The second-order valence-corrected chi connectivity index (χ2v) is 7.20. The molecule has 6 heteroatoms. The highest BCUT2D eigenvalue weighted by Crippen LogP contribution is 2.29. The molecule has 0 N–H and O–H groups in total. The van der Waals surface area contributed by atoms with Crippen LogP contribution in [0.4, 0.5) is 0 Å². The van der Waals surface area contributed by atoms with Gasteiger partial charge in [-0.2, -0.15) is 0 Å². The molecule has 1 aliphatic heterocycles. The fraction of sp³-hybridized carbons (Fsp3) is 0.588. The first kappa shape index (κ1) is 16.2. The summed E-state index contributed by atoms with van der Waals surface area (Å²) < 4.78 is 5.17. The number of piperidine rings is 1. The number of carbonyl (C=O) groups excluding carboxylic acids is 1. The SMILES string of the molecule is Cc1csc([C@@H]2CCCN(C(=O)CCc3c(C)noc3C)C2)n1. The lowest BCUT2D eigenvalue weighted by Gasteiger charge is -2.32. The van der Waals surface area contributed by atoms with E-state index in [2.05, 4.69) is 15.5 Å². The Labute approximate surface area is 140 Å². The van der Waals surface area contributed by atoms with E-state index in [9.17, 15) is 4.79 Å². The summed E-state index contributed by atoms with van der Waals surface area (Å²) in [6, 6.07) is 0. The molecule has 3 heterocycles. The molecule has 124 valence electrons. The molecule has 0 bridgehead atoms. The molecule has 0 radical (unpaired) electrons. The lowest BCUT2D eigenvalue weighted by molar-refractivity contribution is -0.132. The van der Waals surface area contributed by atoms with Gasteiger partial charge in [-0.15, -0.1) is 11.3 Å². The number of carbonyl (C=O) groups is 1. The van der Waals surface area contributed by atoms with E-state index in [-0.39, 0.29) is 5.91 Å². The fourth-order valence-corrected chi connectivity index (χ4v) is 4.14. The Hall–Kier alpha value is -1.69. The van der Waals surface area contributed by atoms with E-state index < -0.39 is 0 Å². The van der Waals surface area contributed by atoms with Crippen LogP contribution in [0, 0.1) is 20.8 Å². The summed E-state index contributed by atoms with van der Waals surface area (Å²) in [4.78, 5) is 19.2. The minimum atomic E-state index is 0.225. The summed E-state index contributed by atoms with van der Waals surface area (Å²) in [5.41, 5.74) is 3.04. The van der Waals surface area contributed by atoms with E-state index in [1.54, 1.807) is 11.3 Å². The number of aryl methyl sites for hydroxylation is 3. The van der Waals surface area contributed by atoms with Gasteiger partial charge < -0.3 is 9.42 Å². The van der Waals surface area contributed by atoms with Gasteiger partial charge in [-0.3, -0.25) is 4.79 Å². The zero-order valence-electron chi connectivity index (χ0n) is 14.0. The van der Waals surface area contributed by atoms with Crippen LogP contribution < -0.4 is 0 Å². The number of hydrogen-bond donors (Lipinski definition) is 0. The first-order valence-electron chi connectivity index (χ1n) is 8.16. The summed E-state index contributed by atoms with van der Waals surface area (Å²) in [7, 11) is 0. The van der Waals surface area contributed by atoms with Crippen LogP contribution in [-0.4, -0.2) is 34.0 Å². The highest BCUT2D eigenvalue weighted by atomic mass is 32.1. The van der Waals surface area contributed by atoms with E-state index in [1.165, 1.54) is 5.01 Å². The Morgan fingerprint density at radius 2 is 2.26 bits per heavy atom. The van der Waals surface area contributed by atoms with E-state index >= 15 is 0 Å². The molecule has 0 aromatic carbocycles. The summed E-state index contributed by atoms with van der Waals surface area (Å²) in [6.07, 6.45) is 3.41. The maximum Gasteiger partial charge on any atom is 0.222 e. The Morgan fingerprint density at radius 1 is 1.43 bits per heavy atom. The van der Waals surface area contributed by atoms with Crippen molar-refractivity contribution in [2.75, 3.05) is 13.1 Å². The first-order valence-corrected chi connectivity index (χ1v) is 9.04. The number of hydrogen-bond acceptors (Lipinski definition) is 5. The van der Waals surface area contributed by atoms with Gasteiger partial charge in [0, 0.05) is 42.1 Å². The van der Waals surface area contributed by atoms with Crippen LogP contribution in [0.3, 0.4) is 0 Å². The van der Waals surface area contributed by atoms with Crippen LogP contribution in [0.25, 0.3) is 0 Å². The molecule has 0 saturated carbocycles. The van der Waals surface area contributed by atoms with E-state index in [0.29, 0.717) is 18.8 Å². The smallest absolute Gasteiger partial charge is 0.222 e. The second kappa shape index (κ2) is 6.83. The van der Waals surface area contributed by atoms with Crippen LogP contribution in [0.2, 0.25) is 0 Å². The standard InChI is InChI=1S/C17H23N3O2S/c1-11-10-23-17(18-11)14-5-4-8-20(9-14)16(21)7-6-15-12(2)19-22-13(15)3/h10,14H,4-9H2,1-3H3/t14-/m1/s1. The number of likely N-dealkylation sites (tertiary alicyclic amines) is 1. The molecule has 0 unspecified atom stereocenters. The third kappa shape index (κ3) is 3.63. The highest BCUT2D eigenvalue weighted by Gasteiger charge is 2.26. The van der Waals surface area contributed by atoms with Crippen LogP contribution in [0.15, 0.2) is 9.90 Å². The minimum Gasteiger partial charge on any atom is -0.361 e. The molecule has 23 heavy (non-hydrogen) atoms. The normalized spacial score (nSPS) is 18.4. The van der Waals surface area contributed by atoms with Gasteiger partial charge >= 0.3 is 0 Å². The molecular weight excluding hydrogens is 310 g/mol. The van der Waals surface area contributed by atoms with Crippen molar-refractivity contribution in [2.45, 2.75) is 52.4 Å². The molecule has 1 atom stereocenters. The van der Waals surface area contributed by atoms with Crippen LogP contribution in [-0.2, 0) is 11.2 Å². The zero-order chi connectivity index (χ0) is 16.4. The van der Waals surface area contributed by atoms with Crippen molar-refractivity contribution in [1.82, 2.24) is 15.0 Å². The summed E-state index contributed by atoms with van der Waals surface area (Å²) in [5, 5.41) is 7.22. The van der Waals surface area contributed by atoms with Gasteiger partial charge in [0.2, 0.25) is 5.91 Å². The number of aromatic nitrogens is 2. The largest absolute Gasteiger partial charge is 0.361 e. The summed E-state index contributed by atoms with van der Waals surface area (Å²) in [5.74, 6) is 1.44.